The predicted molar refractivity (Wildman–Crippen MR) is 108 cm³/mol. The second-order valence-corrected chi connectivity index (χ2v) is 8.22. The van der Waals surface area contributed by atoms with E-state index in [0.29, 0.717) is 18.0 Å². The van der Waals surface area contributed by atoms with Gasteiger partial charge in [0.1, 0.15) is 5.82 Å². The molecular formula is C23H28FN3O. The van der Waals surface area contributed by atoms with Crippen LogP contribution in [0, 0.1) is 18.7 Å². The van der Waals surface area contributed by atoms with Crippen molar-refractivity contribution in [1.82, 2.24) is 15.2 Å². The van der Waals surface area contributed by atoms with Crippen LogP contribution in [0.3, 0.4) is 0 Å². The highest BCUT2D eigenvalue weighted by atomic mass is 19.1. The lowest BCUT2D eigenvalue weighted by Gasteiger charge is -2.32. The van der Waals surface area contributed by atoms with Gasteiger partial charge in [0, 0.05) is 24.7 Å². The van der Waals surface area contributed by atoms with Crippen LogP contribution in [-0.4, -0.2) is 35.4 Å². The van der Waals surface area contributed by atoms with E-state index in [-0.39, 0.29) is 11.7 Å². The van der Waals surface area contributed by atoms with Crippen LogP contribution in [0.2, 0.25) is 0 Å². The van der Waals surface area contributed by atoms with E-state index in [1.165, 1.54) is 31.5 Å². The summed E-state index contributed by atoms with van der Waals surface area (Å²) in [7, 11) is 0. The van der Waals surface area contributed by atoms with Crippen LogP contribution in [0.4, 0.5) is 4.39 Å². The summed E-state index contributed by atoms with van der Waals surface area (Å²) in [5.74, 6) is 0.817. The van der Waals surface area contributed by atoms with Gasteiger partial charge in [0.15, 0.2) is 0 Å². The Bertz CT molecular complexity index is 841. The van der Waals surface area contributed by atoms with Crippen LogP contribution < -0.4 is 5.32 Å². The number of aromatic nitrogens is 1. The smallest absolute Gasteiger partial charge is 0.253 e. The standard InChI is InChI=1S/C23H28FN3O/c1-16-5-8-21(23(28)25-14-18-3-2-4-20(24)13-18)22(26-16)19-9-11-27(12-10-19)15-17-6-7-17/h2-5,8,13,17,19H,6-7,9-12,14-15H2,1H3,(H,25,28). The minimum Gasteiger partial charge on any atom is -0.348 e. The molecule has 1 aliphatic heterocycles. The van der Waals surface area contributed by atoms with Crippen molar-refractivity contribution < 1.29 is 9.18 Å². The quantitative estimate of drug-likeness (QED) is 0.821. The normalized spacial score (nSPS) is 18.2. The first-order chi connectivity index (χ1) is 13.6. The molecule has 0 bridgehead atoms. The third-order valence-electron chi connectivity index (χ3n) is 5.84. The zero-order valence-electron chi connectivity index (χ0n) is 16.5. The molecule has 0 spiro atoms. The van der Waals surface area contributed by atoms with Crippen molar-refractivity contribution in [3.63, 3.8) is 0 Å². The fourth-order valence-corrected chi connectivity index (χ4v) is 4.06. The van der Waals surface area contributed by atoms with Crippen LogP contribution >= 0.6 is 0 Å². The Labute approximate surface area is 166 Å². The van der Waals surface area contributed by atoms with E-state index in [0.717, 1.165) is 48.8 Å². The zero-order chi connectivity index (χ0) is 19.5. The lowest BCUT2D eigenvalue weighted by atomic mass is 9.89. The molecule has 1 aliphatic carbocycles. The molecule has 1 amide bonds. The number of rotatable bonds is 6. The predicted octanol–water partition coefficient (Wildman–Crippen LogP) is 4.05. The van der Waals surface area contributed by atoms with Crippen molar-refractivity contribution in [2.24, 2.45) is 5.92 Å². The molecule has 4 nitrogen and oxygen atoms in total. The highest BCUT2D eigenvalue weighted by Gasteiger charge is 2.29. The summed E-state index contributed by atoms with van der Waals surface area (Å²) < 4.78 is 13.4. The number of aryl methyl sites for hydroxylation is 1. The maximum atomic E-state index is 13.4. The summed E-state index contributed by atoms with van der Waals surface area (Å²) in [5.41, 5.74) is 3.27. The van der Waals surface area contributed by atoms with Gasteiger partial charge in [0.05, 0.1) is 11.3 Å². The van der Waals surface area contributed by atoms with Crippen LogP contribution in [0.1, 0.15) is 58.9 Å². The summed E-state index contributed by atoms with van der Waals surface area (Å²) >= 11 is 0. The second kappa shape index (κ2) is 8.39. The molecule has 2 heterocycles. The Balaban J connectivity index is 1.43. The Morgan fingerprint density at radius 1 is 1.18 bits per heavy atom. The number of hydrogen-bond acceptors (Lipinski definition) is 3. The maximum Gasteiger partial charge on any atom is 0.253 e. The Kier molecular flexibility index (Phi) is 5.72. The number of halogens is 1. The number of hydrogen-bond donors (Lipinski definition) is 1. The molecule has 2 aromatic rings. The van der Waals surface area contributed by atoms with Crippen LogP contribution in [-0.2, 0) is 6.54 Å². The van der Waals surface area contributed by atoms with E-state index >= 15 is 0 Å². The van der Waals surface area contributed by atoms with Crippen molar-refractivity contribution >= 4 is 5.91 Å². The highest BCUT2D eigenvalue weighted by molar-refractivity contribution is 5.95. The highest BCUT2D eigenvalue weighted by Crippen LogP contribution is 2.34. The summed E-state index contributed by atoms with van der Waals surface area (Å²) in [4.78, 5) is 20.1. The average molecular weight is 381 g/mol. The van der Waals surface area contributed by atoms with Crippen molar-refractivity contribution in [3.8, 4) is 0 Å². The lowest BCUT2D eigenvalue weighted by molar-refractivity contribution is 0.0948. The topological polar surface area (TPSA) is 45.2 Å². The fraction of sp³-hybridized carbons (Fsp3) is 0.478. The molecule has 1 saturated heterocycles. The van der Waals surface area contributed by atoms with Gasteiger partial charge in [-0.15, -0.1) is 0 Å². The molecule has 4 rings (SSSR count). The van der Waals surface area contributed by atoms with E-state index in [1.807, 2.05) is 25.1 Å². The van der Waals surface area contributed by atoms with Gasteiger partial charge in [-0.25, -0.2) is 4.39 Å². The molecule has 2 fully saturated rings. The van der Waals surface area contributed by atoms with E-state index in [9.17, 15) is 9.18 Å². The molecule has 0 radical (unpaired) electrons. The van der Waals surface area contributed by atoms with E-state index in [2.05, 4.69) is 10.2 Å². The van der Waals surface area contributed by atoms with Gasteiger partial charge >= 0.3 is 0 Å². The Morgan fingerprint density at radius 2 is 1.96 bits per heavy atom. The number of piperidine rings is 1. The molecule has 1 N–H and O–H groups in total. The minimum absolute atomic E-state index is 0.132. The first-order valence-electron chi connectivity index (χ1n) is 10.3. The maximum absolute atomic E-state index is 13.4. The molecule has 1 aromatic carbocycles. The van der Waals surface area contributed by atoms with Gasteiger partial charge in [0.2, 0.25) is 0 Å². The van der Waals surface area contributed by atoms with Gasteiger partial charge in [-0.2, -0.15) is 0 Å². The van der Waals surface area contributed by atoms with E-state index in [1.54, 1.807) is 6.07 Å². The van der Waals surface area contributed by atoms with Crippen LogP contribution in [0.25, 0.3) is 0 Å². The number of nitrogens with one attached hydrogen (secondary N) is 1. The SMILES string of the molecule is Cc1ccc(C(=O)NCc2cccc(F)c2)c(C2CCN(CC3CC3)CC2)n1. The van der Waals surface area contributed by atoms with Gasteiger partial charge in [-0.1, -0.05) is 12.1 Å². The fourth-order valence-electron chi connectivity index (χ4n) is 4.06. The van der Waals surface area contributed by atoms with Crippen LogP contribution in [0.15, 0.2) is 36.4 Å². The number of amides is 1. The van der Waals surface area contributed by atoms with E-state index < -0.39 is 0 Å². The van der Waals surface area contributed by atoms with Crippen LogP contribution in [0.5, 0.6) is 0 Å². The number of nitrogens with zero attached hydrogens (tertiary/aromatic N) is 2. The number of likely N-dealkylation sites (tertiary alicyclic amines) is 1. The van der Waals surface area contributed by atoms with Gasteiger partial charge in [-0.05, 0) is 81.4 Å². The van der Waals surface area contributed by atoms with Crippen molar-refractivity contribution in [1.29, 1.82) is 0 Å². The number of pyridine rings is 1. The van der Waals surface area contributed by atoms with Gasteiger partial charge in [0.25, 0.3) is 5.91 Å². The number of benzene rings is 1. The minimum atomic E-state index is -0.289. The summed E-state index contributed by atoms with van der Waals surface area (Å²) in [6.45, 7) is 5.68. The summed E-state index contributed by atoms with van der Waals surface area (Å²) in [6.07, 6.45) is 4.87. The second-order valence-electron chi connectivity index (χ2n) is 8.22. The lowest BCUT2D eigenvalue weighted by Crippen LogP contribution is -2.35. The molecule has 0 atom stereocenters. The molecule has 1 aromatic heterocycles. The molecule has 148 valence electrons. The van der Waals surface area contributed by atoms with Crippen molar-refractivity contribution in [3.05, 3.63) is 64.7 Å². The number of carbonyl (C=O) groups excluding carboxylic acids is 1. The molecule has 1 saturated carbocycles. The summed E-state index contributed by atoms with van der Waals surface area (Å²) in [6, 6.07) is 10.1. The largest absolute Gasteiger partial charge is 0.348 e. The molecule has 28 heavy (non-hydrogen) atoms. The molecular weight excluding hydrogens is 353 g/mol. The monoisotopic (exact) mass is 381 g/mol. The van der Waals surface area contributed by atoms with Crippen molar-refractivity contribution in [2.45, 2.75) is 45.1 Å². The molecule has 2 aliphatic rings. The first-order valence-corrected chi connectivity index (χ1v) is 10.3. The third kappa shape index (κ3) is 4.76. The molecule has 5 heteroatoms. The Morgan fingerprint density at radius 3 is 2.68 bits per heavy atom. The number of carbonyl (C=O) groups is 1. The first kappa shape index (κ1) is 19.1. The zero-order valence-corrected chi connectivity index (χ0v) is 16.5. The van der Waals surface area contributed by atoms with Crippen molar-refractivity contribution in [2.75, 3.05) is 19.6 Å². The van der Waals surface area contributed by atoms with Gasteiger partial charge in [-0.3, -0.25) is 9.78 Å². The average Bonchev–Trinajstić information content (AvgIpc) is 3.51. The summed E-state index contributed by atoms with van der Waals surface area (Å²) in [5, 5.41) is 2.93. The Hall–Kier alpha value is -2.27. The van der Waals surface area contributed by atoms with E-state index in [4.69, 9.17) is 4.98 Å². The van der Waals surface area contributed by atoms with Gasteiger partial charge < -0.3 is 10.2 Å². The molecule has 0 unspecified atom stereocenters. The third-order valence-corrected chi connectivity index (χ3v) is 5.84.